The zero-order valence-corrected chi connectivity index (χ0v) is 17.2. The van der Waals surface area contributed by atoms with Crippen LogP contribution in [0.25, 0.3) is 27.3 Å². The summed E-state index contributed by atoms with van der Waals surface area (Å²) in [7, 11) is 0. The Balaban J connectivity index is 1.65. The molecule has 3 aromatic heterocycles. The van der Waals surface area contributed by atoms with E-state index in [2.05, 4.69) is 35.8 Å². The van der Waals surface area contributed by atoms with Crippen molar-refractivity contribution in [2.45, 2.75) is 45.1 Å². The van der Waals surface area contributed by atoms with E-state index in [1.807, 2.05) is 18.2 Å². The van der Waals surface area contributed by atoms with Gasteiger partial charge >= 0.3 is 0 Å². The highest BCUT2D eigenvalue weighted by Crippen LogP contribution is 2.35. The van der Waals surface area contributed by atoms with E-state index in [9.17, 15) is 0 Å². The molecule has 1 saturated carbocycles. The lowest BCUT2D eigenvalue weighted by atomic mass is 9.96. The van der Waals surface area contributed by atoms with Crippen molar-refractivity contribution in [3.63, 3.8) is 0 Å². The summed E-state index contributed by atoms with van der Waals surface area (Å²) in [5.74, 6) is 1.21. The van der Waals surface area contributed by atoms with Crippen LogP contribution < -0.4 is 11.1 Å². The third kappa shape index (κ3) is 3.46. The van der Waals surface area contributed by atoms with Crippen LogP contribution in [0.1, 0.15) is 37.7 Å². The Morgan fingerprint density at radius 3 is 2.72 bits per heavy atom. The van der Waals surface area contributed by atoms with Crippen LogP contribution in [0.3, 0.4) is 0 Å². The molecule has 3 heterocycles. The molecule has 3 N–H and O–H groups in total. The van der Waals surface area contributed by atoms with Crippen LogP contribution in [0, 0.1) is 6.92 Å². The minimum Gasteiger partial charge on any atom is -0.383 e. The lowest BCUT2D eigenvalue weighted by Gasteiger charge is -2.22. The highest BCUT2D eigenvalue weighted by molar-refractivity contribution is 7.13. The molecule has 1 aliphatic carbocycles. The summed E-state index contributed by atoms with van der Waals surface area (Å²) in [4.78, 5) is 10.7. The van der Waals surface area contributed by atoms with Crippen LogP contribution in [0.15, 0.2) is 41.8 Å². The minimum absolute atomic E-state index is 0.425. The highest BCUT2D eigenvalue weighted by atomic mass is 32.1. The van der Waals surface area contributed by atoms with Crippen molar-refractivity contribution in [3.8, 4) is 16.3 Å². The Kier molecular flexibility index (Phi) is 4.67. The first kappa shape index (κ1) is 18.1. The molecule has 0 saturated heterocycles. The van der Waals surface area contributed by atoms with Crippen molar-refractivity contribution in [2.24, 2.45) is 0 Å². The van der Waals surface area contributed by atoms with Crippen LogP contribution in [-0.2, 0) is 0 Å². The molecule has 0 atom stereocenters. The number of thiophene rings is 1. The van der Waals surface area contributed by atoms with Gasteiger partial charge in [0.2, 0.25) is 5.95 Å². The fraction of sp³-hybridized carbons (Fsp3) is 0.318. The van der Waals surface area contributed by atoms with E-state index in [1.54, 1.807) is 16.0 Å². The molecule has 0 spiro atoms. The first-order valence-electron chi connectivity index (χ1n) is 10.1. The number of aromatic nitrogens is 4. The SMILES string of the molecule is Cc1cccc(-n2nc3nc(NC4CCCCC4)nc(-c4cccs4)c3c2N)c1. The standard InChI is InChI=1S/C22H24N6S/c1-14-7-5-10-16(13-14)28-20(23)18-19(17-11-6-12-29-17)25-22(26-21(18)27-28)24-15-8-3-2-4-9-15/h5-7,10-13,15H,2-4,8-9,23H2,1H3,(H,24,26,27). The molecule has 0 radical (unpaired) electrons. The molecular formula is C22H24N6S. The Labute approximate surface area is 173 Å². The third-order valence-corrected chi connectivity index (χ3v) is 6.38. The number of nitrogens with one attached hydrogen (secondary N) is 1. The Bertz CT molecular complexity index is 1140. The third-order valence-electron chi connectivity index (χ3n) is 5.51. The maximum absolute atomic E-state index is 6.57. The van der Waals surface area contributed by atoms with Crippen LogP contribution in [0.4, 0.5) is 11.8 Å². The molecule has 1 fully saturated rings. The number of rotatable bonds is 4. The molecule has 7 heteroatoms. The summed E-state index contributed by atoms with van der Waals surface area (Å²) in [6, 6.07) is 12.7. The molecule has 0 amide bonds. The van der Waals surface area contributed by atoms with Crippen molar-refractivity contribution in [3.05, 3.63) is 47.3 Å². The van der Waals surface area contributed by atoms with Crippen LogP contribution in [-0.4, -0.2) is 25.8 Å². The first-order valence-corrected chi connectivity index (χ1v) is 11.0. The van der Waals surface area contributed by atoms with Crippen molar-refractivity contribution < 1.29 is 0 Å². The van der Waals surface area contributed by atoms with E-state index in [0.29, 0.717) is 23.5 Å². The monoisotopic (exact) mass is 404 g/mol. The molecule has 29 heavy (non-hydrogen) atoms. The van der Waals surface area contributed by atoms with E-state index < -0.39 is 0 Å². The van der Waals surface area contributed by atoms with Crippen LogP contribution >= 0.6 is 11.3 Å². The van der Waals surface area contributed by atoms with Gasteiger partial charge in [0.05, 0.1) is 21.6 Å². The van der Waals surface area contributed by atoms with E-state index in [-0.39, 0.29) is 0 Å². The zero-order chi connectivity index (χ0) is 19.8. The fourth-order valence-electron chi connectivity index (χ4n) is 4.05. The van der Waals surface area contributed by atoms with Crippen molar-refractivity contribution in [1.29, 1.82) is 0 Å². The summed E-state index contributed by atoms with van der Waals surface area (Å²) in [6.45, 7) is 2.06. The number of anilines is 2. The average molecular weight is 405 g/mol. The summed E-state index contributed by atoms with van der Waals surface area (Å²) in [5.41, 5.74) is 10.1. The largest absolute Gasteiger partial charge is 0.383 e. The Morgan fingerprint density at radius 2 is 1.97 bits per heavy atom. The quantitative estimate of drug-likeness (QED) is 0.490. The van der Waals surface area contributed by atoms with E-state index in [0.717, 1.165) is 40.0 Å². The predicted octanol–water partition coefficient (Wildman–Crippen LogP) is 5.18. The molecule has 0 bridgehead atoms. The normalized spacial score (nSPS) is 15.1. The number of nitrogens with two attached hydrogens (primary N) is 1. The number of fused-ring (bicyclic) bond motifs is 1. The van der Waals surface area contributed by atoms with Gasteiger partial charge in [-0.05, 0) is 48.9 Å². The Hall–Kier alpha value is -2.93. The number of aryl methyl sites for hydroxylation is 1. The molecule has 6 nitrogen and oxygen atoms in total. The maximum Gasteiger partial charge on any atom is 0.225 e. The molecule has 1 aromatic carbocycles. The van der Waals surface area contributed by atoms with Gasteiger partial charge in [0, 0.05) is 6.04 Å². The van der Waals surface area contributed by atoms with E-state index in [1.165, 1.54) is 19.3 Å². The van der Waals surface area contributed by atoms with Gasteiger partial charge in [-0.3, -0.25) is 0 Å². The van der Waals surface area contributed by atoms with Gasteiger partial charge in [0.15, 0.2) is 5.65 Å². The number of benzene rings is 1. The number of nitrogens with zero attached hydrogens (tertiary/aromatic N) is 4. The van der Waals surface area contributed by atoms with Gasteiger partial charge in [0.1, 0.15) is 5.82 Å². The first-order chi connectivity index (χ1) is 14.2. The molecule has 4 aromatic rings. The topological polar surface area (TPSA) is 81.7 Å². The van der Waals surface area contributed by atoms with Crippen LogP contribution in [0.2, 0.25) is 0 Å². The van der Waals surface area contributed by atoms with Crippen molar-refractivity contribution in [1.82, 2.24) is 19.7 Å². The summed E-state index contributed by atoms with van der Waals surface area (Å²) >= 11 is 1.65. The van der Waals surface area contributed by atoms with Crippen LogP contribution in [0.5, 0.6) is 0 Å². The molecule has 0 unspecified atom stereocenters. The van der Waals surface area contributed by atoms with Crippen molar-refractivity contribution >= 4 is 34.1 Å². The number of nitrogen functional groups attached to an aromatic ring is 1. The second-order valence-electron chi connectivity index (χ2n) is 7.69. The van der Waals surface area contributed by atoms with Gasteiger partial charge in [-0.25, -0.2) is 9.67 Å². The lowest BCUT2D eigenvalue weighted by Crippen LogP contribution is -2.23. The van der Waals surface area contributed by atoms with Gasteiger partial charge in [-0.1, -0.05) is 37.5 Å². The second kappa shape index (κ2) is 7.48. The van der Waals surface area contributed by atoms with E-state index >= 15 is 0 Å². The zero-order valence-electron chi connectivity index (χ0n) is 16.4. The maximum atomic E-state index is 6.57. The van der Waals surface area contributed by atoms with Gasteiger partial charge in [0.25, 0.3) is 0 Å². The number of hydrogen-bond donors (Lipinski definition) is 2. The van der Waals surface area contributed by atoms with Gasteiger partial charge < -0.3 is 11.1 Å². The van der Waals surface area contributed by atoms with E-state index in [4.69, 9.17) is 20.8 Å². The van der Waals surface area contributed by atoms with Gasteiger partial charge in [-0.2, -0.15) is 4.98 Å². The molecule has 1 aliphatic rings. The molecule has 0 aliphatic heterocycles. The Morgan fingerprint density at radius 1 is 1.10 bits per heavy atom. The highest BCUT2D eigenvalue weighted by Gasteiger charge is 2.21. The molecular weight excluding hydrogens is 380 g/mol. The predicted molar refractivity (Wildman–Crippen MR) is 120 cm³/mol. The average Bonchev–Trinajstić information content (AvgIpc) is 3.37. The fourth-order valence-corrected chi connectivity index (χ4v) is 4.77. The second-order valence-corrected chi connectivity index (χ2v) is 8.63. The summed E-state index contributed by atoms with van der Waals surface area (Å²) < 4.78 is 1.77. The molecule has 5 rings (SSSR count). The molecule has 148 valence electrons. The summed E-state index contributed by atoms with van der Waals surface area (Å²) in [6.07, 6.45) is 6.15. The number of hydrogen-bond acceptors (Lipinski definition) is 6. The summed E-state index contributed by atoms with van der Waals surface area (Å²) in [5, 5.41) is 11.2. The lowest BCUT2D eigenvalue weighted by molar-refractivity contribution is 0.461. The smallest absolute Gasteiger partial charge is 0.225 e. The van der Waals surface area contributed by atoms with Crippen molar-refractivity contribution in [2.75, 3.05) is 11.1 Å². The van der Waals surface area contributed by atoms with Gasteiger partial charge in [-0.15, -0.1) is 16.4 Å². The minimum atomic E-state index is 0.425.